The molecule has 2 N–H and O–H groups in total. The minimum atomic E-state index is -1.13. The molecule has 11 heteroatoms. The fourth-order valence-electron chi connectivity index (χ4n) is 3.34. The second kappa shape index (κ2) is 12.1. The monoisotopic (exact) mass is 513 g/mol. The Balaban J connectivity index is 1.77. The summed E-state index contributed by atoms with van der Waals surface area (Å²) in [7, 11) is 0. The van der Waals surface area contributed by atoms with Crippen molar-refractivity contribution in [2.75, 3.05) is 18.5 Å². The predicted molar refractivity (Wildman–Crippen MR) is 133 cm³/mol. The molecule has 3 aromatic rings. The van der Waals surface area contributed by atoms with E-state index in [4.69, 9.17) is 14.2 Å². The highest BCUT2D eigenvalue weighted by atomic mass is 32.1. The average molecular weight is 514 g/mol. The SMILES string of the molecule is CCOC(=O)c1sc(NC(=O)C(CC)OC(=O)c2ccc(-c3ncc[nH]3)cc2)c(C(=O)OCC)c1C. The highest BCUT2D eigenvalue weighted by Crippen LogP contribution is 2.34. The number of esters is 3. The largest absolute Gasteiger partial charge is 0.462 e. The second-order valence-corrected chi connectivity index (χ2v) is 8.53. The van der Waals surface area contributed by atoms with Gasteiger partial charge in [-0.15, -0.1) is 11.3 Å². The quantitative estimate of drug-likeness (QED) is 0.301. The van der Waals surface area contributed by atoms with Gasteiger partial charge in [0.15, 0.2) is 6.10 Å². The maximum absolute atomic E-state index is 13.0. The van der Waals surface area contributed by atoms with Crippen molar-refractivity contribution in [3.05, 3.63) is 58.2 Å². The lowest BCUT2D eigenvalue weighted by Gasteiger charge is -2.16. The molecule has 2 aromatic heterocycles. The first-order valence-electron chi connectivity index (χ1n) is 11.4. The van der Waals surface area contributed by atoms with E-state index in [9.17, 15) is 19.2 Å². The molecule has 0 spiro atoms. The van der Waals surface area contributed by atoms with E-state index >= 15 is 0 Å². The summed E-state index contributed by atoms with van der Waals surface area (Å²) in [5, 5.41) is 2.75. The van der Waals surface area contributed by atoms with Crippen LogP contribution in [-0.2, 0) is 19.0 Å². The van der Waals surface area contributed by atoms with Gasteiger partial charge >= 0.3 is 17.9 Å². The number of anilines is 1. The Kier molecular flexibility index (Phi) is 8.96. The third kappa shape index (κ3) is 5.98. The number of rotatable bonds is 10. The summed E-state index contributed by atoms with van der Waals surface area (Å²) in [6, 6.07) is 6.59. The van der Waals surface area contributed by atoms with Crippen LogP contribution in [0.1, 0.15) is 63.1 Å². The molecule has 0 aliphatic heterocycles. The van der Waals surface area contributed by atoms with Gasteiger partial charge in [0, 0.05) is 18.0 Å². The number of amides is 1. The Morgan fingerprint density at radius 1 is 1.00 bits per heavy atom. The summed E-state index contributed by atoms with van der Waals surface area (Å²) in [6.07, 6.45) is 2.37. The zero-order valence-corrected chi connectivity index (χ0v) is 21.2. The molecule has 10 nitrogen and oxygen atoms in total. The van der Waals surface area contributed by atoms with Crippen LogP contribution in [0.5, 0.6) is 0 Å². The van der Waals surface area contributed by atoms with Crippen LogP contribution in [0.15, 0.2) is 36.7 Å². The van der Waals surface area contributed by atoms with Gasteiger partial charge in [-0.1, -0.05) is 19.1 Å². The molecule has 0 bridgehead atoms. The van der Waals surface area contributed by atoms with Crippen LogP contribution in [-0.4, -0.2) is 53.1 Å². The van der Waals surface area contributed by atoms with E-state index in [2.05, 4.69) is 15.3 Å². The number of imidazole rings is 1. The summed E-state index contributed by atoms with van der Waals surface area (Å²) in [5.74, 6) is -1.95. The zero-order chi connectivity index (χ0) is 26.2. The van der Waals surface area contributed by atoms with E-state index in [1.165, 1.54) is 0 Å². The zero-order valence-electron chi connectivity index (χ0n) is 20.4. The molecule has 1 atom stereocenters. The summed E-state index contributed by atoms with van der Waals surface area (Å²) in [5.41, 5.74) is 1.46. The molecule has 2 heterocycles. The molecular formula is C25H27N3O7S. The topological polar surface area (TPSA) is 137 Å². The number of benzene rings is 1. The van der Waals surface area contributed by atoms with Crippen LogP contribution in [0.2, 0.25) is 0 Å². The number of nitrogens with one attached hydrogen (secondary N) is 2. The first-order valence-corrected chi connectivity index (χ1v) is 12.2. The van der Waals surface area contributed by atoms with E-state index in [1.54, 1.807) is 64.4 Å². The van der Waals surface area contributed by atoms with Crippen molar-refractivity contribution in [3.63, 3.8) is 0 Å². The lowest BCUT2D eigenvalue weighted by Crippen LogP contribution is -2.32. The number of ether oxygens (including phenoxy) is 3. The molecule has 1 amide bonds. The molecule has 0 saturated heterocycles. The number of hydrogen-bond donors (Lipinski definition) is 2. The number of aromatic amines is 1. The van der Waals surface area contributed by atoms with Crippen LogP contribution < -0.4 is 5.32 Å². The Morgan fingerprint density at radius 2 is 1.67 bits per heavy atom. The number of carbonyl (C=O) groups is 4. The van der Waals surface area contributed by atoms with Crippen molar-refractivity contribution in [3.8, 4) is 11.4 Å². The summed E-state index contributed by atoms with van der Waals surface area (Å²) in [6.45, 7) is 6.85. The number of hydrogen-bond acceptors (Lipinski definition) is 9. The Labute approximate surface area is 212 Å². The minimum Gasteiger partial charge on any atom is -0.462 e. The van der Waals surface area contributed by atoms with Crippen molar-refractivity contribution in [2.24, 2.45) is 0 Å². The highest BCUT2D eigenvalue weighted by Gasteiger charge is 2.30. The summed E-state index contributed by atoms with van der Waals surface area (Å²) < 4.78 is 15.6. The van der Waals surface area contributed by atoms with Gasteiger partial charge < -0.3 is 24.5 Å². The van der Waals surface area contributed by atoms with Crippen molar-refractivity contribution in [1.82, 2.24) is 9.97 Å². The molecule has 1 aromatic carbocycles. The standard InChI is InChI=1S/C25H27N3O7S/c1-5-17(35-23(30)16-10-8-15(9-11-16)20-26-12-13-27-20)21(29)28-22-18(24(31)33-6-2)14(4)19(36-22)25(32)34-7-3/h8-13,17H,5-7H2,1-4H3,(H,26,27)(H,28,29). The van der Waals surface area contributed by atoms with E-state index in [1.807, 2.05) is 0 Å². The maximum atomic E-state index is 13.0. The molecule has 0 radical (unpaired) electrons. The van der Waals surface area contributed by atoms with E-state index in [0.29, 0.717) is 11.4 Å². The molecule has 0 aliphatic rings. The minimum absolute atomic E-state index is 0.0629. The predicted octanol–water partition coefficient (Wildman–Crippen LogP) is 4.37. The highest BCUT2D eigenvalue weighted by molar-refractivity contribution is 7.18. The van der Waals surface area contributed by atoms with Crippen molar-refractivity contribution < 1.29 is 33.4 Å². The van der Waals surface area contributed by atoms with Crippen molar-refractivity contribution in [2.45, 2.75) is 40.2 Å². The van der Waals surface area contributed by atoms with Gasteiger partial charge in [0.1, 0.15) is 15.7 Å². The van der Waals surface area contributed by atoms with E-state index < -0.39 is 29.9 Å². The van der Waals surface area contributed by atoms with Crippen molar-refractivity contribution >= 4 is 40.2 Å². The van der Waals surface area contributed by atoms with Gasteiger partial charge in [-0.05, 0) is 44.9 Å². The van der Waals surface area contributed by atoms with E-state index in [-0.39, 0.29) is 40.6 Å². The number of nitrogens with zero attached hydrogens (tertiary/aromatic N) is 1. The van der Waals surface area contributed by atoms with Gasteiger partial charge in [-0.25, -0.2) is 19.4 Å². The smallest absolute Gasteiger partial charge is 0.348 e. The first kappa shape index (κ1) is 26.6. The lowest BCUT2D eigenvalue weighted by atomic mass is 10.1. The molecule has 0 fully saturated rings. The molecule has 3 rings (SSSR count). The Hall–Kier alpha value is -3.99. The van der Waals surface area contributed by atoms with Crippen LogP contribution in [0.4, 0.5) is 5.00 Å². The fraction of sp³-hybridized carbons (Fsp3) is 0.320. The van der Waals surface area contributed by atoms with Gasteiger partial charge in [0.25, 0.3) is 5.91 Å². The average Bonchev–Trinajstić information content (AvgIpc) is 3.51. The van der Waals surface area contributed by atoms with Crippen LogP contribution >= 0.6 is 11.3 Å². The normalized spacial score (nSPS) is 11.4. The molecule has 0 aliphatic carbocycles. The van der Waals surface area contributed by atoms with Crippen molar-refractivity contribution in [1.29, 1.82) is 0 Å². The van der Waals surface area contributed by atoms with Gasteiger partial charge in [0.05, 0.1) is 24.3 Å². The third-order valence-corrected chi connectivity index (χ3v) is 6.32. The number of thiophene rings is 1. The van der Waals surface area contributed by atoms with Gasteiger partial charge in [-0.2, -0.15) is 0 Å². The summed E-state index contributed by atoms with van der Waals surface area (Å²) in [4.78, 5) is 57.9. The summed E-state index contributed by atoms with van der Waals surface area (Å²) >= 11 is 0.903. The lowest BCUT2D eigenvalue weighted by molar-refractivity contribution is -0.124. The van der Waals surface area contributed by atoms with Gasteiger partial charge in [0.2, 0.25) is 0 Å². The Bertz CT molecular complexity index is 1230. The van der Waals surface area contributed by atoms with Crippen LogP contribution in [0, 0.1) is 6.92 Å². The second-order valence-electron chi connectivity index (χ2n) is 7.51. The molecule has 0 saturated carbocycles. The number of carbonyl (C=O) groups excluding carboxylic acids is 4. The number of H-pyrrole nitrogens is 1. The molecule has 190 valence electrons. The molecule has 1 unspecified atom stereocenters. The Morgan fingerprint density at radius 3 is 2.25 bits per heavy atom. The van der Waals surface area contributed by atoms with Crippen LogP contribution in [0.3, 0.4) is 0 Å². The molecule has 36 heavy (non-hydrogen) atoms. The molecular weight excluding hydrogens is 486 g/mol. The maximum Gasteiger partial charge on any atom is 0.348 e. The van der Waals surface area contributed by atoms with Crippen LogP contribution in [0.25, 0.3) is 11.4 Å². The third-order valence-electron chi connectivity index (χ3n) is 5.13. The fourth-order valence-corrected chi connectivity index (χ4v) is 4.43. The first-order chi connectivity index (χ1) is 17.3. The number of aromatic nitrogens is 2. The van der Waals surface area contributed by atoms with E-state index in [0.717, 1.165) is 16.9 Å². The van der Waals surface area contributed by atoms with Gasteiger partial charge in [-0.3, -0.25) is 4.79 Å².